The Labute approximate surface area is 107 Å². The summed E-state index contributed by atoms with van der Waals surface area (Å²) in [6.07, 6.45) is 3.46. The molecule has 2 heterocycles. The number of ether oxygens (including phenoxy) is 1. The lowest BCUT2D eigenvalue weighted by Gasteiger charge is -2.32. The molecule has 0 aliphatic carbocycles. The van der Waals surface area contributed by atoms with Crippen molar-refractivity contribution in [1.82, 2.24) is 10.2 Å². The van der Waals surface area contributed by atoms with Crippen LogP contribution in [0.5, 0.6) is 0 Å². The monoisotopic (exact) mass is 255 g/mol. The van der Waals surface area contributed by atoms with Crippen LogP contribution in [-0.4, -0.2) is 29.0 Å². The molecule has 0 bridgehead atoms. The summed E-state index contributed by atoms with van der Waals surface area (Å²) in [6, 6.07) is 0.480. The number of hydrogen-bond donors (Lipinski definition) is 1. The molecule has 0 amide bonds. The van der Waals surface area contributed by atoms with Gasteiger partial charge in [-0.1, -0.05) is 32.1 Å². The highest BCUT2D eigenvalue weighted by atomic mass is 32.1. The van der Waals surface area contributed by atoms with E-state index in [1.165, 1.54) is 0 Å². The first-order chi connectivity index (χ1) is 8.19. The van der Waals surface area contributed by atoms with E-state index in [0.29, 0.717) is 18.1 Å². The van der Waals surface area contributed by atoms with E-state index in [2.05, 4.69) is 36.3 Å². The smallest absolute Gasteiger partial charge is 0.205 e. The molecule has 17 heavy (non-hydrogen) atoms. The highest BCUT2D eigenvalue weighted by Crippen LogP contribution is 2.24. The van der Waals surface area contributed by atoms with Gasteiger partial charge in [0.2, 0.25) is 5.13 Å². The minimum atomic E-state index is 0.375. The maximum absolute atomic E-state index is 5.76. The lowest BCUT2D eigenvalue weighted by Crippen LogP contribution is -2.36. The van der Waals surface area contributed by atoms with E-state index in [0.717, 1.165) is 36.0 Å². The van der Waals surface area contributed by atoms with Gasteiger partial charge in [-0.05, 0) is 25.2 Å². The Morgan fingerprint density at radius 2 is 2.29 bits per heavy atom. The topological polar surface area (TPSA) is 47.0 Å². The van der Waals surface area contributed by atoms with E-state index in [1.807, 2.05) is 0 Å². The maximum Gasteiger partial charge on any atom is 0.205 e. The molecule has 4 nitrogen and oxygen atoms in total. The van der Waals surface area contributed by atoms with Gasteiger partial charge in [-0.2, -0.15) is 0 Å². The largest absolute Gasteiger partial charge is 0.378 e. The van der Waals surface area contributed by atoms with Crippen LogP contribution in [0.15, 0.2) is 0 Å². The fourth-order valence-electron chi connectivity index (χ4n) is 2.05. The van der Waals surface area contributed by atoms with Crippen molar-refractivity contribution in [3.05, 3.63) is 5.01 Å². The number of aromatic nitrogens is 2. The lowest BCUT2D eigenvalue weighted by atomic mass is 9.95. The number of anilines is 1. The summed E-state index contributed by atoms with van der Waals surface area (Å²) in [6.45, 7) is 7.38. The highest BCUT2D eigenvalue weighted by molar-refractivity contribution is 7.15. The molecule has 1 aromatic rings. The average molecular weight is 255 g/mol. The third kappa shape index (κ3) is 3.39. The molecule has 1 N–H and O–H groups in total. The molecule has 2 atom stereocenters. The minimum Gasteiger partial charge on any atom is -0.378 e. The number of hydrogen-bond acceptors (Lipinski definition) is 5. The SMILES string of the molecule is CCc1nnc(NC2CCOC(C(C)C)C2)s1. The van der Waals surface area contributed by atoms with Gasteiger partial charge in [0.15, 0.2) is 0 Å². The van der Waals surface area contributed by atoms with Crippen LogP contribution >= 0.6 is 11.3 Å². The highest BCUT2D eigenvalue weighted by Gasteiger charge is 2.25. The van der Waals surface area contributed by atoms with Gasteiger partial charge in [-0.15, -0.1) is 10.2 Å². The zero-order valence-electron chi connectivity index (χ0n) is 10.8. The summed E-state index contributed by atoms with van der Waals surface area (Å²) in [5.41, 5.74) is 0. The summed E-state index contributed by atoms with van der Waals surface area (Å²) in [7, 11) is 0. The standard InChI is InChI=1S/C12H21N3OS/c1-4-11-14-15-12(17-11)13-9-5-6-16-10(7-9)8(2)3/h8-10H,4-7H2,1-3H3,(H,13,15). The molecule has 0 radical (unpaired) electrons. The van der Waals surface area contributed by atoms with Crippen molar-refractivity contribution < 1.29 is 4.74 Å². The van der Waals surface area contributed by atoms with Gasteiger partial charge in [0.05, 0.1) is 6.10 Å². The fourth-order valence-corrected chi connectivity index (χ4v) is 2.81. The van der Waals surface area contributed by atoms with Crippen LogP contribution in [-0.2, 0) is 11.2 Å². The third-order valence-electron chi connectivity index (χ3n) is 3.16. The fraction of sp³-hybridized carbons (Fsp3) is 0.833. The van der Waals surface area contributed by atoms with Crippen molar-refractivity contribution >= 4 is 16.5 Å². The van der Waals surface area contributed by atoms with E-state index in [1.54, 1.807) is 11.3 Å². The third-order valence-corrected chi connectivity index (χ3v) is 4.15. The second kappa shape index (κ2) is 5.78. The molecular weight excluding hydrogens is 234 g/mol. The summed E-state index contributed by atoms with van der Waals surface area (Å²) < 4.78 is 5.76. The van der Waals surface area contributed by atoms with Gasteiger partial charge in [-0.3, -0.25) is 0 Å². The van der Waals surface area contributed by atoms with E-state index in [9.17, 15) is 0 Å². The summed E-state index contributed by atoms with van der Waals surface area (Å²) in [5.74, 6) is 0.584. The lowest BCUT2D eigenvalue weighted by molar-refractivity contribution is -0.0160. The van der Waals surface area contributed by atoms with Crippen LogP contribution in [0.2, 0.25) is 0 Å². The molecule has 0 saturated carbocycles. The van der Waals surface area contributed by atoms with Gasteiger partial charge in [0, 0.05) is 12.6 Å². The first kappa shape index (κ1) is 12.8. The normalized spacial score (nSPS) is 25.2. The van der Waals surface area contributed by atoms with E-state index in [4.69, 9.17) is 4.74 Å². The molecule has 0 spiro atoms. The molecule has 1 saturated heterocycles. The Bertz CT molecular complexity index is 353. The molecular formula is C12H21N3OS. The number of nitrogens with one attached hydrogen (secondary N) is 1. The van der Waals surface area contributed by atoms with Crippen molar-refractivity contribution in [2.75, 3.05) is 11.9 Å². The van der Waals surface area contributed by atoms with Crippen molar-refractivity contribution in [2.45, 2.75) is 52.2 Å². The number of aryl methyl sites for hydroxylation is 1. The van der Waals surface area contributed by atoms with Crippen molar-refractivity contribution in [2.24, 2.45) is 5.92 Å². The summed E-state index contributed by atoms with van der Waals surface area (Å²) in [5, 5.41) is 13.8. The molecule has 1 fully saturated rings. The molecule has 96 valence electrons. The number of nitrogens with zero attached hydrogens (tertiary/aromatic N) is 2. The van der Waals surface area contributed by atoms with Crippen LogP contribution in [0.25, 0.3) is 0 Å². The molecule has 2 rings (SSSR count). The predicted octanol–water partition coefficient (Wildman–Crippen LogP) is 2.72. The Morgan fingerprint density at radius 3 is 2.94 bits per heavy atom. The van der Waals surface area contributed by atoms with Crippen molar-refractivity contribution in [3.63, 3.8) is 0 Å². The van der Waals surface area contributed by atoms with Crippen LogP contribution < -0.4 is 5.32 Å². The van der Waals surface area contributed by atoms with Gasteiger partial charge in [0.25, 0.3) is 0 Å². The van der Waals surface area contributed by atoms with Crippen LogP contribution in [0.1, 0.15) is 38.6 Å². The van der Waals surface area contributed by atoms with E-state index < -0.39 is 0 Å². The predicted molar refractivity (Wildman–Crippen MR) is 70.5 cm³/mol. The summed E-state index contributed by atoms with van der Waals surface area (Å²) in [4.78, 5) is 0. The molecule has 1 aliphatic rings. The van der Waals surface area contributed by atoms with Crippen LogP contribution in [0.3, 0.4) is 0 Å². The first-order valence-corrected chi connectivity index (χ1v) is 7.21. The Hall–Kier alpha value is -0.680. The van der Waals surface area contributed by atoms with Gasteiger partial charge >= 0.3 is 0 Å². The van der Waals surface area contributed by atoms with Crippen LogP contribution in [0.4, 0.5) is 5.13 Å². The first-order valence-electron chi connectivity index (χ1n) is 6.39. The van der Waals surface area contributed by atoms with E-state index >= 15 is 0 Å². The molecule has 0 aromatic carbocycles. The van der Waals surface area contributed by atoms with Crippen molar-refractivity contribution in [1.29, 1.82) is 0 Å². The van der Waals surface area contributed by atoms with E-state index in [-0.39, 0.29) is 0 Å². The summed E-state index contributed by atoms with van der Waals surface area (Å²) >= 11 is 1.66. The Morgan fingerprint density at radius 1 is 1.47 bits per heavy atom. The van der Waals surface area contributed by atoms with Gasteiger partial charge in [-0.25, -0.2) is 0 Å². The Balaban J connectivity index is 1.90. The second-order valence-corrected chi connectivity index (χ2v) is 5.94. The van der Waals surface area contributed by atoms with Gasteiger partial charge in [0.1, 0.15) is 5.01 Å². The van der Waals surface area contributed by atoms with Gasteiger partial charge < -0.3 is 10.1 Å². The second-order valence-electron chi connectivity index (χ2n) is 4.87. The molecule has 1 aromatic heterocycles. The van der Waals surface area contributed by atoms with Crippen molar-refractivity contribution in [3.8, 4) is 0 Å². The Kier molecular flexibility index (Phi) is 4.34. The molecule has 1 aliphatic heterocycles. The van der Waals surface area contributed by atoms with Crippen LogP contribution in [0, 0.1) is 5.92 Å². The molecule has 5 heteroatoms. The molecule has 2 unspecified atom stereocenters. The minimum absolute atomic E-state index is 0.375. The zero-order valence-corrected chi connectivity index (χ0v) is 11.6. The average Bonchev–Trinajstić information content (AvgIpc) is 2.77. The quantitative estimate of drug-likeness (QED) is 0.898. The zero-order chi connectivity index (χ0) is 12.3. The maximum atomic E-state index is 5.76. The number of rotatable bonds is 4.